The van der Waals surface area contributed by atoms with Crippen molar-refractivity contribution in [1.82, 2.24) is 0 Å². The minimum Gasteiger partial charge on any atom is -0.772 e. The lowest BCUT2D eigenvalue weighted by Gasteiger charge is -2.20. The monoisotopic (exact) mass is 233 g/mol. The molecule has 0 saturated heterocycles. The minimum absolute atomic E-state index is 0.411. The Kier molecular flexibility index (Phi) is 3.36. The van der Waals surface area contributed by atoms with E-state index in [1.807, 2.05) is 49.4 Å². The highest BCUT2D eigenvalue weighted by Gasteiger charge is 2.12. The topological polar surface area (TPSA) is 40.1 Å². The summed E-state index contributed by atoms with van der Waals surface area (Å²) in [4.78, 5) is 0. The molecule has 0 N–H and O–H groups in total. The third kappa shape index (κ3) is 2.01. The molecule has 0 aliphatic heterocycles. The Bertz CT molecular complexity index is 517. The summed E-state index contributed by atoms with van der Waals surface area (Å²) in [5.41, 5.74) is 0.897. The summed E-state index contributed by atoms with van der Waals surface area (Å²) in [6.45, 7) is 1.89. The van der Waals surface area contributed by atoms with Crippen LogP contribution in [0.3, 0.4) is 0 Å². The SMILES string of the molecule is CCC(c1cccc2ccccc12)S(=O)[O-]. The Hall–Kier alpha value is -1.19. The summed E-state index contributed by atoms with van der Waals surface area (Å²) in [7, 11) is 0. The molecule has 0 fully saturated rings. The van der Waals surface area contributed by atoms with Gasteiger partial charge < -0.3 is 4.55 Å². The zero-order valence-electron chi connectivity index (χ0n) is 9.05. The minimum atomic E-state index is -2.06. The first kappa shape index (κ1) is 11.3. The van der Waals surface area contributed by atoms with Crippen LogP contribution in [0.25, 0.3) is 10.8 Å². The average Bonchev–Trinajstić information content (AvgIpc) is 2.30. The standard InChI is InChI=1S/C13H14O2S/c1-2-13(16(14)15)12-9-5-7-10-6-3-4-8-11(10)12/h3-9,13H,2H2,1H3,(H,14,15)/p-1. The molecule has 2 aromatic rings. The quantitative estimate of drug-likeness (QED) is 0.764. The predicted molar refractivity (Wildman–Crippen MR) is 65.9 cm³/mol. The molecule has 0 aliphatic rings. The van der Waals surface area contributed by atoms with Crippen LogP contribution in [-0.4, -0.2) is 8.76 Å². The number of benzene rings is 2. The molecule has 0 aliphatic carbocycles. The number of fused-ring (bicyclic) bond motifs is 1. The van der Waals surface area contributed by atoms with Gasteiger partial charge in [-0.05, 0) is 33.8 Å². The Labute approximate surface area is 97.6 Å². The first-order valence-electron chi connectivity index (χ1n) is 5.29. The van der Waals surface area contributed by atoms with Crippen LogP contribution in [0.5, 0.6) is 0 Å². The van der Waals surface area contributed by atoms with Crippen LogP contribution in [0.1, 0.15) is 24.2 Å². The molecule has 0 amide bonds. The summed E-state index contributed by atoms with van der Waals surface area (Å²) < 4.78 is 22.3. The van der Waals surface area contributed by atoms with Crippen LogP contribution < -0.4 is 0 Å². The lowest BCUT2D eigenvalue weighted by atomic mass is 10.0. The van der Waals surface area contributed by atoms with E-state index in [1.54, 1.807) is 0 Å². The van der Waals surface area contributed by atoms with Crippen molar-refractivity contribution in [3.63, 3.8) is 0 Å². The molecule has 2 aromatic carbocycles. The van der Waals surface area contributed by atoms with Crippen molar-refractivity contribution in [2.75, 3.05) is 0 Å². The lowest BCUT2D eigenvalue weighted by Crippen LogP contribution is -2.05. The van der Waals surface area contributed by atoms with Crippen LogP contribution >= 0.6 is 0 Å². The molecule has 2 unspecified atom stereocenters. The van der Waals surface area contributed by atoms with Gasteiger partial charge in [-0.1, -0.05) is 49.4 Å². The molecule has 2 nitrogen and oxygen atoms in total. The molecule has 2 atom stereocenters. The average molecular weight is 233 g/mol. The summed E-state index contributed by atoms with van der Waals surface area (Å²) in [6.07, 6.45) is 0.601. The van der Waals surface area contributed by atoms with Crippen molar-refractivity contribution in [3.8, 4) is 0 Å². The van der Waals surface area contributed by atoms with Crippen molar-refractivity contribution >= 4 is 21.9 Å². The third-order valence-corrected chi connectivity index (χ3v) is 3.83. The first-order chi connectivity index (χ1) is 7.74. The van der Waals surface area contributed by atoms with Crippen molar-refractivity contribution in [2.24, 2.45) is 0 Å². The van der Waals surface area contributed by atoms with E-state index in [1.165, 1.54) is 0 Å². The van der Waals surface area contributed by atoms with Gasteiger partial charge in [-0.25, -0.2) is 0 Å². The van der Waals surface area contributed by atoms with E-state index in [0.717, 1.165) is 16.3 Å². The second-order valence-electron chi connectivity index (χ2n) is 3.73. The van der Waals surface area contributed by atoms with Gasteiger partial charge in [0, 0.05) is 5.25 Å². The van der Waals surface area contributed by atoms with E-state index in [9.17, 15) is 8.76 Å². The normalized spacial score (nSPS) is 14.9. The van der Waals surface area contributed by atoms with Crippen LogP contribution in [0.15, 0.2) is 42.5 Å². The maximum atomic E-state index is 11.2. The highest BCUT2D eigenvalue weighted by Crippen LogP contribution is 2.29. The molecule has 0 heterocycles. The molecule has 16 heavy (non-hydrogen) atoms. The van der Waals surface area contributed by atoms with Crippen LogP contribution in [0, 0.1) is 0 Å². The van der Waals surface area contributed by atoms with E-state index < -0.39 is 16.3 Å². The van der Waals surface area contributed by atoms with Gasteiger partial charge in [0.05, 0.1) is 0 Å². The maximum Gasteiger partial charge on any atom is 0.0468 e. The van der Waals surface area contributed by atoms with Crippen LogP contribution in [0.2, 0.25) is 0 Å². The maximum absolute atomic E-state index is 11.2. The smallest absolute Gasteiger partial charge is 0.0468 e. The van der Waals surface area contributed by atoms with E-state index in [0.29, 0.717) is 6.42 Å². The van der Waals surface area contributed by atoms with Gasteiger partial charge in [0.1, 0.15) is 0 Å². The number of rotatable bonds is 3. The van der Waals surface area contributed by atoms with Crippen molar-refractivity contribution in [1.29, 1.82) is 0 Å². The Morgan fingerprint density at radius 3 is 2.56 bits per heavy atom. The van der Waals surface area contributed by atoms with E-state index in [4.69, 9.17) is 0 Å². The predicted octanol–water partition coefficient (Wildman–Crippen LogP) is 3.17. The number of hydrogen-bond donors (Lipinski definition) is 0. The van der Waals surface area contributed by atoms with Gasteiger partial charge in [0.2, 0.25) is 0 Å². The van der Waals surface area contributed by atoms with E-state index >= 15 is 0 Å². The second-order valence-corrected chi connectivity index (χ2v) is 4.82. The molecule has 0 aromatic heterocycles. The summed E-state index contributed by atoms with van der Waals surface area (Å²) >= 11 is -2.06. The fourth-order valence-corrected chi connectivity index (χ4v) is 2.68. The fraction of sp³-hybridized carbons (Fsp3) is 0.231. The van der Waals surface area contributed by atoms with Crippen LogP contribution in [-0.2, 0) is 11.1 Å². The molecular weight excluding hydrogens is 220 g/mol. The van der Waals surface area contributed by atoms with E-state index in [2.05, 4.69) is 0 Å². The largest absolute Gasteiger partial charge is 0.772 e. The summed E-state index contributed by atoms with van der Waals surface area (Å²) in [6, 6.07) is 13.7. The molecule has 2 rings (SSSR count). The zero-order chi connectivity index (χ0) is 11.5. The van der Waals surface area contributed by atoms with Crippen molar-refractivity contribution < 1.29 is 8.76 Å². The van der Waals surface area contributed by atoms with Gasteiger partial charge in [-0.3, -0.25) is 4.21 Å². The molecule has 0 spiro atoms. The van der Waals surface area contributed by atoms with Gasteiger partial charge in [-0.2, -0.15) is 0 Å². The van der Waals surface area contributed by atoms with E-state index in [-0.39, 0.29) is 0 Å². The van der Waals surface area contributed by atoms with Gasteiger partial charge >= 0.3 is 0 Å². The zero-order valence-corrected chi connectivity index (χ0v) is 9.87. The molecule has 84 valence electrons. The Balaban J connectivity index is 2.63. The van der Waals surface area contributed by atoms with Crippen LogP contribution in [0.4, 0.5) is 0 Å². The summed E-state index contributed by atoms with van der Waals surface area (Å²) in [5, 5.41) is 1.70. The Morgan fingerprint density at radius 2 is 1.88 bits per heavy atom. The van der Waals surface area contributed by atoms with Crippen molar-refractivity contribution in [2.45, 2.75) is 18.6 Å². The van der Waals surface area contributed by atoms with Gasteiger partial charge in [-0.15, -0.1) is 0 Å². The molecule has 0 radical (unpaired) electrons. The lowest BCUT2D eigenvalue weighted by molar-refractivity contribution is 0.521. The molecule has 0 saturated carbocycles. The molecule has 0 bridgehead atoms. The Morgan fingerprint density at radius 1 is 1.19 bits per heavy atom. The highest BCUT2D eigenvalue weighted by molar-refractivity contribution is 7.79. The first-order valence-corrected chi connectivity index (χ1v) is 6.43. The van der Waals surface area contributed by atoms with Crippen molar-refractivity contribution in [3.05, 3.63) is 48.0 Å². The summed E-state index contributed by atoms with van der Waals surface area (Å²) in [5.74, 6) is 0. The molecular formula is C13H13O2S-. The second kappa shape index (κ2) is 4.76. The third-order valence-electron chi connectivity index (χ3n) is 2.77. The molecule has 3 heteroatoms. The number of hydrogen-bond acceptors (Lipinski definition) is 2. The van der Waals surface area contributed by atoms with Gasteiger partial charge in [0.15, 0.2) is 0 Å². The fourth-order valence-electron chi connectivity index (χ4n) is 1.99. The highest BCUT2D eigenvalue weighted by atomic mass is 32.2. The van der Waals surface area contributed by atoms with Gasteiger partial charge in [0.25, 0.3) is 0 Å².